The number of hydrogen-bond donors (Lipinski definition) is 2. The zero-order valence-corrected chi connectivity index (χ0v) is 8.30. The van der Waals surface area contributed by atoms with E-state index >= 15 is 0 Å². The molecular weight excluding hydrogens is 178 g/mol. The second-order valence-electron chi connectivity index (χ2n) is 0.596. The van der Waals surface area contributed by atoms with Crippen molar-refractivity contribution in [1.29, 1.82) is 0 Å². The predicted octanol–water partition coefficient (Wildman–Crippen LogP) is -3.71. The zero-order chi connectivity index (χ0) is 5.21. The maximum atomic E-state index is 9.35. The van der Waals surface area contributed by atoms with Gasteiger partial charge in [-0.15, -0.1) is 0 Å². The van der Waals surface area contributed by atoms with Crippen molar-refractivity contribution in [2.45, 2.75) is 0 Å². The van der Waals surface area contributed by atoms with Gasteiger partial charge in [-0.05, 0) is 0 Å². The Kier molecular flexibility index (Phi) is 13.2. The van der Waals surface area contributed by atoms with E-state index in [-0.39, 0.29) is 39.8 Å². The second kappa shape index (κ2) is 6.51. The molecule has 0 saturated heterocycles. The third-order valence-electron chi connectivity index (χ3n) is 0.137. The number of rotatable bonds is 1. The molecule has 8 heavy (non-hydrogen) atoms. The Bertz CT molecular complexity index is 84.6. The van der Waals surface area contributed by atoms with Gasteiger partial charge in [-0.3, -0.25) is 0 Å². The van der Waals surface area contributed by atoms with Gasteiger partial charge in [0.1, 0.15) is 0 Å². The van der Waals surface area contributed by atoms with Crippen molar-refractivity contribution in [3.63, 3.8) is 0 Å². The molecule has 4 nitrogen and oxygen atoms in total. The van der Waals surface area contributed by atoms with Crippen molar-refractivity contribution in [2.75, 3.05) is 0 Å². The van der Waals surface area contributed by atoms with Gasteiger partial charge in [0.15, 0.2) is 0 Å². The molecule has 0 aliphatic carbocycles. The summed E-state index contributed by atoms with van der Waals surface area (Å²) in [6, 6.07) is 0. The molecule has 0 atom stereocenters. The summed E-state index contributed by atoms with van der Waals surface area (Å²) >= 11 is 0. The van der Waals surface area contributed by atoms with Crippen LogP contribution in [0, 0.1) is 0 Å². The average Bonchev–Trinajstić information content (AvgIpc) is 1.35. The van der Waals surface area contributed by atoms with Crippen LogP contribution >= 0.6 is 7.82 Å². The molecule has 0 aliphatic heterocycles. The summed E-state index contributed by atoms with van der Waals surface area (Å²) in [6.45, 7) is 0. The van der Waals surface area contributed by atoms with Gasteiger partial charge >= 0.3 is 26.7 Å². The Labute approximate surface area is 74.5 Å². The normalized spacial score (nSPS) is 8.75. The van der Waals surface area contributed by atoms with E-state index in [4.69, 9.17) is 9.79 Å². The molecule has 0 saturated carbocycles. The van der Waals surface area contributed by atoms with Crippen LogP contribution in [0.3, 0.4) is 0 Å². The van der Waals surface area contributed by atoms with Crippen molar-refractivity contribution in [3.8, 4) is 0 Å². The fourth-order valence-electron chi connectivity index (χ4n) is 0. The Balaban J connectivity index is -0.0000000417. The fourth-order valence-corrected chi connectivity index (χ4v) is 0. The smallest absolute Gasteiger partial charge is 1.00 e. The molecule has 0 aromatic heterocycles. The van der Waals surface area contributed by atoms with Crippen LogP contribution in [0.5, 0.6) is 0 Å². The molecule has 8 heteroatoms. The van der Waals surface area contributed by atoms with Gasteiger partial charge < -0.3 is 15.7 Å². The SMILES string of the molecule is [B]OP(=O)(O)O.[H-].[Li+].[Zn]. The molecule has 2 radical (unpaired) electrons. The molecule has 2 N–H and O–H groups in total. The summed E-state index contributed by atoms with van der Waals surface area (Å²) in [6.07, 6.45) is 0. The maximum absolute atomic E-state index is 9.35. The monoisotopic (exact) mass is 180 g/mol. The molecule has 0 aromatic rings. The molecule has 0 fully saturated rings. The quantitative estimate of drug-likeness (QED) is 0.322. The zero-order valence-electron chi connectivity index (χ0n) is 5.44. The van der Waals surface area contributed by atoms with Crippen LogP contribution in [-0.2, 0) is 28.5 Å². The van der Waals surface area contributed by atoms with E-state index in [1.807, 2.05) is 0 Å². The Morgan fingerprint density at radius 2 is 1.75 bits per heavy atom. The van der Waals surface area contributed by atoms with Gasteiger partial charge in [-0.1, -0.05) is 0 Å². The van der Waals surface area contributed by atoms with Gasteiger partial charge in [0.25, 0.3) is 8.05 Å². The summed E-state index contributed by atoms with van der Waals surface area (Å²) in [5.74, 6) is 0. The van der Waals surface area contributed by atoms with Crippen LogP contribution in [-0.4, -0.2) is 17.8 Å². The van der Waals surface area contributed by atoms with Crippen molar-refractivity contribution in [1.82, 2.24) is 0 Å². The van der Waals surface area contributed by atoms with E-state index in [1.165, 1.54) is 0 Å². The summed E-state index contributed by atoms with van der Waals surface area (Å²) in [5.41, 5.74) is 0. The first kappa shape index (κ1) is 16.2. The number of phosphoric acid groups is 1. The third kappa shape index (κ3) is 15.7. The van der Waals surface area contributed by atoms with Crippen LogP contribution in [0.15, 0.2) is 0 Å². The first-order valence-electron chi connectivity index (χ1n) is 1.00. The Morgan fingerprint density at radius 1 is 1.62 bits per heavy atom. The van der Waals surface area contributed by atoms with Crippen LogP contribution in [0.2, 0.25) is 0 Å². The molecule has 0 rings (SSSR count). The summed E-state index contributed by atoms with van der Waals surface area (Å²) < 4.78 is 12.5. The van der Waals surface area contributed by atoms with Crippen molar-refractivity contribution in [2.24, 2.45) is 0 Å². The van der Waals surface area contributed by atoms with Crippen molar-refractivity contribution in [3.05, 3.63) is 0 Å². The minimum absolute atomic E-state index is 0. The second-order valence-corrected chi connectivity index (χ2v) is 1.79. The van der Waals surface area contributed by atoms with Crippen LogP contribution in [0.4, 0.5) is 0 Å². The van der Waals surface area contributed by atoms with E-state index in [0.717, 1.165) is 0 Å². The Morgan fingerprint density at radius 3 is 1.75 bits per heavy atom. The minimum atomic E-state index is -4.37. The van der Waals surface area contributed by atoms with Crippen LogP contribution in [0.1, 0.15) is 1.43 Å². The Hall–Kier alpha value is 1.40. The first-order chi connectivity index (χ1) is 2.56. The molecule has 0 aliphatic rings. The minimum Gasteiger partial charge on any atom is -1.00 e. The molecule has 38 valence electrons. The van der Waals surface area contributed by atoms with Gasteiger partial charge in [0, 0.05) is 19.5 Å². The van der Waals surface area contributed by atoms with Crippen LogP contribution < -0.4 is 18.9 Å². The largest absolute Gasteiger partial charge is 1.00 e. The van der Waals surface area contributed by atoms with Gasteiger partial charge in [0.2, 0.25) is 0 Å². The molecule has 0 spiro atoms. The van der Waals surface area contributed by atoms with Crippen molar-refractivity contribution < 1.29 is 58.6 Å². The molecular formula is H3BLiO4PZn. The van der Waals surface area contributed by atoms with Gasteiger partial charge in [0.05, 0.1) is 0 Å². The van der Waals surface area contributed by atoms with Gasteiger partial charge in [-0.2, -0.15) is 0 Å². The summed E-state index contributed by atoms with van der Waals surface area (Å²) in [4.78, 5) is 15.2. The summed E-state index contributed by atoms with van der Waals surface area (Å²) in [7, 11) is -0.326. The first-order valence-corrected chi connectivity index (χ1v) is 2.53. The van der Waals surface area contributed by atoms with Crippen LogP contribution in [0.25, 0.3) is 0 Å². The predicted molar refractivity (Wildman–Crippen MR) is 20.0 cm³/mol. The van der Waals surface area contributed by atoms with E-state index in [2.05, 4.69) is 12.5 Å². The summed E-state index contributed by atoms with van der Waals surface area (Å²) in [5, 5.41) is 0. The molecule has 0 amide bonds. The molecule has 0 heterocycles. The van der Waals surface area contributed by atoms with Crippen molar-refractivity contribution >= 4 is 15.9 Å². The van der Waals surface area contributed by atoms with Gasteiger partial charge in [-0.25, -0.2) is 4.57 Å². The average molecular weight is 181 g/mol. The number of hydrogen-bond acceptors (Lipinski definition) is 2. The molecule has 0 bridgehead atoms. The third-order valence-corrected chi connectivity index (χ3v) is 0.412. The molecule has 0 aromatic carbocycles. The van der Waals surface area contributed by atoms with E-state index in [0.29, 0.717) is 0 Å². The van der Waals surface area contributed by atoms with E-state index in [1.54, 1.807) is 0 Å². The molecule has 0 unspecified atom stereocenters. The van der Waals surface area contributed by atoms with E-state index < -0.39 is 7.82 Å². The van der Waals surface area contributed by atoms with E-state index in [9.17, 15) is 4.57 Å². The fraction of sp³-hybridized carbons (Fsp3) is 0. The topological polar surface area (TPSA) is 66.8 Å². The maximum Gasteiger partial charge on any atom is 1.00 e. The standard InChI is InChI=1S/BH2O4P.Li.Zn.H/c1-5-6(2,3)4;;;/h(H2,2,3,4);;;/q;+1;;-1.